The number of ether oxygens (including phenoxy) is 1. The predicted molar refractivity (Wildman–Crippen MR) is 84.0 cm³/mol. The van der Waals surface area contributed by atoms with Gasteiger partial charge in [0.15, 0.2) is 9.84 Å². The predicted octanol–water partition coefficient (Wildman–Crippen LogP) is 1.38. The number of aromatic nitrogens is 2. The van der Waals surface area contributed by atoms with Gasteiger partial charge in [-0.25, -0.2) is 13.4 Å². The number of nitrogens with one attached hydrogen (secondary N) is 1. The van der Waals surface area contributed by atoms with Crippen molar-refractivity contribution in [3.8, 4) is 5.75 Å². The van der Waals surface area contributed by atoms with Gasteiger partial charge in [-0.2, -0.15) is 0 Å². The van der Waals surface area contributed by atoms with Crippen molar-refractivity contribution in [3.05, 3.63) is 48.0 Å². The van der Waals surface area contributed by atoms with Gasteiger partial charge < -0.3 is 10.1 Å². The van der Waals surface area contributed by atoms with Crippen LogP contribution in [-0.4, -0.2) is 37.7 Å². The molecule has 23 heavy (non-hydrogen) atoms. The smallest absolute Gasteiger partial charge is 0.271 e. The van der Waals surface area contributed by atoms with E-state index >= 15 is 0 Å². The Hall–Kier alpha value is -2.48. The van der Waals surface area contributed by atoms with Gasteiger partial charge in [0.25, 0.3) is 5.91 Å². The van der Waals surface area contributed by atoms with Crippen LogP contribution in [0.4, 0.5) is 0 Å². The Morgan fingerprint density at radius 2 is 2.04 bits per heavy atom. The topological polar surface area (TPSA) is 98.2 Å². The van der Waals surface area contributed by atoms with Crippen molar-refractivity contribution < 1.29 is 17.9 Å². The lowest BCUT2D eigenvalue weighted by Gasteiger charge is -2.16. The fourth-order valence-electron chi connectivity index (χ4n) is 2.03. The van der Waals surface area contributed by atoms with Crippen LogP contribution < -0.4 is 10.1 Å². The molecular formula is C15H17N3O4S. The third-order valence-corrected chi connectivity index (χ3v) is 4.37. The lowest BCUT2D eigenvalue weighted by Crippen LogP contribution is -2.27. The highest BCUT2D eigenvalue weighted by Crippen LogP contribution is 2.27. The minimum absolute atomic E-state index is 0.108. The number of hydrogen-bond acceptors (Lipinski definition) is 6. The van der Waals surface area contributed by atoms with Crippen LogP contribution in [0, 0.1) is 0 Å². The fourth-order valence-corrected chi connectivity index (χ4v) is 2.85. The molecule has 1 amide bonds. The Morgan fingerprint density at radius 1 is 1.30 bits per heavy atom. The zero-order chi connectivity index (χ0) is 17.0. The van der Waals surface area contributed by atoms with Crippen LogP contribution in [0.25, 0.3) is 0 Å². The number of carbonyl (C=O) groups is 1. The monoisotopic (exact) mass is 335 g/mol. The van der Waals surface area contributed by atoms with Crippen molar-refractivity contribution in [1.29, 1.82) is 0 Å². The lowest BCUT2D eigenvalue weighted by atomic mass is 10.1. The van der Waals surface area contributed by atoms with E-state index < -0.39 is 9.84 Å². The zero-order valence-corrected chi connectivity index (χ0v) is 13.8. The molecule has 1 unspecified atom stereocenters. The highest BCUT2D eigenvalue weighted by Gasteiger charge is 2.18. The molecule has 2 rings (SSSR count). The van der Waals surface area contributed by atoms with Gasteiger partial charge in [-0.1, -0.05) is 6.07 Å². The third kappa shape index (κ3) is 4.04. The SMILES string of the molecule is COc1cc(C(C)NC(=O)c2cnccn2)ccc1S(C)(=O)=O. The molecule has 122 valence electrons. The maximum atomic E-state index is 12.1. The van der Waals surface area contributed by atoms with Gasteiger partial charge in [0, 0.05) is 18.6 Å². The van der Waals surface area contributed by atoms with Crippen LogP contribution in [0.15, 0.2) is 41.7 Å². The van der Waals surface area contributed by atoms with Crippen molar-refractivity contribution in [1.82, 2.24) is 15.3 Å². The van der Waals surface area contributed by atoms with Crippen LogP contribution in [0.3, 0.4) is 0 Å². The first-order valence-electron chi connectivity index (χ1n) is 6.78. The maximum absolute atomic E-state index is 12.1. The first-order valence-corrected chi connectivity index (χ1v) is 8.67. The summed E-state index contributed by atoms with van der Waals surface area (Å²) in [6, 6.07) is 4.35. The number of benzene rings is 1. The standard InChI is InChI=1S/C15H17N3O4S/c1-10(18-15(19)12-9-16-6-7-17-12)11-4-5-14(23(3,20)21)13(8-11)22-2/h4-10H,1-3H3,(H,18,19). The molecule has 0 aliphatic carbocycles. The number of amides is 1. The molecule has 0 saturated carbocycles. The second-order valence-corrected chi connectivity index (χ2v) is 6.95. The van der Waals surface area contributed by atoms with Gasteiger partial charge in [0.2, 0.25) is 0 Å². The van der Waals surface area contributed by atoms with Gasteiger partial charge in [0.1, 0.15) is 16.3 Å². The Morgan fingerprint density at radius 3 is 2.61 bits per heavy atom. The Labute approximate surface area is 134 Å². The van der Waals surface area contributed by atoms with E-state index in [1.54, 1.807) is 19.1 Å². The van der Waals surface area contributed by atoms with E-state index in [9.17, 15) is 13.2 Å². The number of hydrogen-bond donors (Lipinski definition) is 1. The van der Waals surface area contributed by atoms with E-state index in [0.29, 0.717) is 5.56 Å². The molecule has 8 heteroatoms. The van der Waals surface area contributed by atoms with E-state index in [-0.39, 0.29) is 28.3 Å². The van der Waals surface area contributed by atoms with Crippen LogP contribution in [0.1, 0.15) is 29.0 Å². The van der Waals surface area contributed by atoms with Crippen molar-refractivity contribution >= 4 is 15.7 Å². The van der Waals surface area contributed by atoms with E-state index in [1.807, 2.05) is 0 Å². The summed E-state index contributed by atoms with van der Waals surface area (Å²) >= 11 is 0. The number of sulfone groups is 1. The van der Waals surface area contributed by atoms with Gasteiger partial charge in [-0.05, 0) is 24.6 Å². The summed E-state index contributed by atoms with van der Waals surface area (Å²) in [5, 5.41) is 2.78. The van der Waals surface area contributed by atoms with Crippen molar-refractivity contribution in [2.24, 2.45) is 0 Å². The molecule has 2 aromatic rings. The van der Waals surface area contributed by atoms with Crippen molar-refractivity contribution in [2.45, 2.75) is 17.9 Å². The lowest BCUT2D eigenvalue weighted by molar-refractivity contribution is 0.0934. The number of rotatable bonds is 5. The average Bonchev–Trinajstić information content (AvgIpc) is 2.54. The maximum Gasteiger partial charge on any atom is 0.271 e. The molecular weight excluding hydrogens is 318 g/mol. The van der Waals surface area contributed by atoms with Crippen LogP contribution >= 0.6 is 0 Å². The molecule has 0 fully saturated rings. The molecule has 0 radical (unpaired) electrons. The fraction of sp³-hybridized carbons (Fsp3) is 0.267. The zero-order valence-electron chi connectivity index (χ0n) is 13.0. The molecule has 1 heterocycles. The molecule has 1 N–H and O–H groups in total. The molecule has 1 atom stereocenters. The van der Waals surface area contributed by atoms with Crippen LogP contribution in [0.2, 0.25) is 0 Å². The number of carbonyl (C=O) groups excluding carboxylic acids is 1. The molecule has 0 aliphatic heterocycles. The molecule has 7 nitrogen and oxygen atoms in total. The molecule has 1 aromatic carbocycles. The van der Waals surface area contributed by atoms with Gasteiger partial charge in [0.05, 0.1) is 19.3 Å². The summed E-state index contributed by atoms with van der Waals surface area (Å²) in [4.78, 5) is 19.9. The van der Waals surface area contributed by atoms with Crippen molar-refractivity contribution in [3.63, 3.8) is 0 Å². The Kier molecular flexibility index (Phi) is 4.95. The minimum atomic E-state index is -3.38. The molecule has 0 aliphatic rings. The van der Waals surface area contributed by atoms with Crippen molar-refractivity contribution in [2.75, 3.05) is 13.4 Å². The minimum Gasteiger partial charge on any atom is -0.495 e. The Balaban J connectivity index is 2.23. The normalized spacial score (nSPS) is 12.5. The quantitative estimate of drug-likeness (QED) is 0.886. The number of nitrogens with zero attached hydrogens (tertiary/aromatic N) is 2. The van der Waals surface area contributed by atoms with Crippen LogP contribution in [0.5, 0.6) is 5.75 Å². The van der Waals surface area contributed by atoms with E-state index in [1.165, 1.54) is 31.8 Å². The highest BCUT2D eigenvalue weighted by molar-refractivity contribution is 7.90. The largest absolute Gasteiger partial charge is 0.495 e. The summed E-state index contributed by atoms with van der Waals surface area (Å²) in [6.45, 7) is 1.78. The first kappa shape index (κ1) is 16.9. The summed E-state index contributed by atoms with van der Waals surface area (Å²) in [5.41, 5.74) is 0.922. The number of methoxy groups -OCH3 is 1. The van der Waals surface area contributed by atoms with E-state index in [0.717, 1.165) is 6.26 Å². The summed E-state index contributed by atoms with van der Waals surface area (Å²) in [6.07, 6.45) is 5.40. The molecule has 0 saturated heterocycles. The second kappa shape index (κ2) is 6.74. The summed E-state index contributed by atoms with van der Waals surface area (Å²) in [7, 11) is -1.99. The van der Waals surface area contributed by atoms with Crippen LogP contribution in [-0.2, 0) is 9.84 Å². The molecule has 0 spiro atoms. The van der Waals surface area contributed by atoms with E-state index in [4.69, 9.17) is 4.74 Å². The summed E-state index contributed by atoms with van der Waals surface area (Å²) < 4.78 is 28.5. The summed E-state index contributed by atoms with van der Waals surface area (Å²) in [5.74, 6) is -0.123. The third-order valence-electron chi connectivity index (χ3n) is 3.23. The van der Waals surface area contributed by atoms with Gasteiger partial charge in [-0.3, -0.25) is 9.78 Å². The second-order valence-electron chi connectivity index (χ2n) is 4.97. The average molecular weight is 335 g/mol. The first-order chi connectivity index (χ1) is 10.8. The van der Waals surface area contributed by atoms with Gasteiger partial charge >= 0.3 is 0 Å². The van der Waals surface area contributed by atoms with Gasteiger partial charge in [-0.15, -0.1) is 0 Å². The molecule has 0 bridgehead atoms. The van der Waals surface area contributed by atoms with E-state index in [2.05, 4.69) is 15.3 Å². The Bertz CT molecular complexity index is 807. The molecule has 1 aromatic heterocycles. The highest BCUT2D eigenvalue weighted by atomic mass is 32.2.